The molecule has 4 nitrogen and oxygen atoms in total. The van der Waals surface area contributed by atoms with Crippen LogP contribution in [-0.4, -0.2) is 26.6 Å². The molecule has 0 bridgehead atoms. The monoisotopic (exact) mass is 383 g/mol. The largest absolute Gasteiger partial charge is 0.329 e. The maximum absolute atomic E-state index is 14.6. The number of hydrogen-bond acceptors (Lipinski definition) is 2. The van der Waals surface area contributed by atoms with Gasteiger partial charge in [-0.15, -0.1) is 0 Å². The predicted octanol–water partition coefficient (Wildman–Crippen LogP) is 4.75. The Morgan fingerprint density at radius 1 is 1.36 bits per heavy atom. The zero-order valence-electron chi connectivity index (χ0n) is 17.6. The van der Waals surface area contributed by atoms with Crippen molar-refractivity contribution in [3.8, 4) is 0 Å². The average molecular weight is 384 g/mol. The third-order valence-electron chi connectivity index (χ3n) is 6.44. The lowest BCUT2D eigenvalue weighted by Crippen LogP contribution is -2.37. The van der Waals surface area contributed by atoms with E-state index in [9.17, 15) is 9.18 Å². The van der Waals surface area contributed by atoms with Crippen LogP contribution < -0.4 is 0 Å². The molecule has 28 heavy (non-hydrogen) atoms. The van der Waals surface area contributed by atoms with Crippen molar-refractivity contribution in [2.45, 2.75) is 71.9 Å². The normalized spacial score (nSPS) is 19.2. The Kier molecular flexibility index (Phi) is 4.59. The predicted molar refractivity (Wildman–Crippen MR) is 108 cm³/mol. The Labute approximate surface area is 166 Å². The van der Waals surface area contributed by atoms with E-state index in [1.165, 1.54) is 16.7 Å². The summed E-state index contributed by atoms with van der Waals surface area (Å²) in [5.41, 5.74) is 4.89. The Hall–Kier alpha value is -2.17. The molecule has 0 radical (unpaired) electrons. The Morgan fingerprint density at radius 2 is 2.07 bits per heavy atom. The van der Waals surface area contributed by atoms with Crippen LogP contribution in [0.25, 0.3) is 0 Å². The van der Waals surface area contributed by atoms with Gasteiger partial charge in [-0.25, -0.2) is 4.68 Å². The summed E-state index contributed by atoms with van der Waals surface area (Å²) >= 11 is 0. The lowest BCUT2D eigenvalue weighted by atomic mass is 9.72. The highest BCUT2D eigenvalue weighted by atomic mass is 19.1. The number of hydrogen-bond donors (Lipinski definition) is 0. The molecule has 1 aromatic carbocycles. The van der Waals surface area contributed by atoms with Gasteiger partial charge >= 0.3 is 0 Å². The fraction of sp³-hybridized carbons (Fsp3) is 0.565. The molecule has 2 aliphatic rings. The van der Waals surface area contributed by atoms with Gasteiger partial charge in [0.2, 0.25) is 5.95 Å². The van der Waals surface area contributed by atoms with E-state index in [0.29, 0.717) is 11.1 Å². The second kappa shape index (κ2) is 6.71. The van der Waals surface area contributed by atoms with Crippen molar-refractivity contribution in [2.24, 2.45) is 12.5 Å². The molecule has 0 saturated heterocycles. The van der Waals surface area contributed by atoms with Gasteiger partial charge in [-0.1, -0.05) is 32.0 Å². The summed E-state index contributed by atoms with van der Waals surface area (Å²) in [5.74, 6) is -0.774. The van der Waals surface area contributed by atoms with E-state index in [1.807, 2.05) is 4.90 Å². The lowest BCUT2D eigenvalue weighted by molar-refractivity contribution is 0.0666. The van der Waals surface area contributed by atoms with Crippen LogP contribution in [0, 0.1) is 18.3 Å². The first-order valence-electron chi connectivity index (χ1n) is 10.3. The summed E-state index contributed by atoms with van der Waals surface area (Å²) in [6.07, 6.45) is 5.22. The van der Waals surface area contributed by atoms with Crippen LogP contribution in [0.4, 0.5) is 4.39 Å². The molecular weight excluding hydrogens is 353 g/mol. The van der Waals surface area contributed by atoms with Gasteiger partial charge in [0.05, 0.1) is 11.7 Å². The van der Waals surface area contributed by atoms with Crippen molar-refractivity contribution in [3.63, 3.8) is 0 Å². The first kappa shape index (κ1) is 19.2. The van der Waals surface area contributed by atoms with Gasteiger partial charge in [-0.2, -0.15) is 9.49 Å². The molecule has 1 unspecified atom stereocenters. The van der Waals surface area contributed by atoms with Crippen LogP contribution in [0.3, 0.4) is 0 Å². The first-order valence-corrected chi connectivity index (χ1v) is 10.3. The highest BCUT2D eigenvalue weighted by Gasteiger charge is 2.40. The Morgan fingerprint density at radius 3 is 2.68 bits per heavy atom. The number of aromatic nitrogens is 2. The second-order valence-electron chi connectivity index (χ2n) is 9.32. The van der Waals surface area contributed by atoms with E-state index in [4.69, 9.17) is 0 Å². The molecule has 2 aliphatic carbocycles. The molecule has 4 rings (SSSR count). The molecule has 1 atom stereocenters. The number of halogens is 1. The highest BCUT2D eigenvalue weighted by Crippen LogP contribution is 2.41. The van der Waals surface area contributed by atoms with Gasteiger partial charge in [0.15, 0.2) is 0 Å². The third-order valence-corrected chi connectivity index (χ3v) is 6.44. The molecule has 0 N–H and O–H groups in total. The Balaban J connectivity index is 1.71. The number of rotatable bonds is 4. The first-order chi connectivity index (χ1) is 13.2. The van der Waals surface area contributed by atoms with Crippen molar-refractivity contribution < 1.29 is 9.18 Å². The number of amides is 1. The second-order valence-corrected chi connectivity index (χ2v) is 9.32. The standard InChI is InChI=1S/C23H30FN3O/c1-14-20(21(24)26(5)25-14)22(28)27(17-9-10-17)15(2)18-8-6-7-16-13-23(3,4)12-11-19(16)18/h6-8,15,17H,9-13H2,1-5H3. The lowest BCUT2D eigenvalue weighted by Gasteiger charge is -2.36. The minimum absolute atomic E-state index is 0.0739. The van der Waals surface area contributed by atoms with E-state index in [2.05, 4.69) is 44.1 Å². The van der Waals surface area contributed by atoms with E-state index >= 15 is 0 Å². The van der Waals surface area contributed by atoms with E-state index < -0.39 is 5.95 Å². The van der Waals surface area contributed by atoms with Crippen LogP contribution in [0.15, 0.2) is 18.2 Å². The molecule has 0 aliphatic heterocycles. The summed E-state index contributed by atoms with van der Waals surface area (Å²) in [4.78, 5) is 15.3. The van der Waals surface area contributed by atoms with Crippen molar-refractivity contribution in [1.82, 2.24) is 14.7 Å². The van der Waals surface area contributed by atoms with E-state index in [0.717, 1.165) is 36.8 Å². The fourth-order valence-electron chi connectivity index (χ4n) is 4.75. The molecule has 5 heteroatoms. The zero-order valence-corrected chi connectivity index (χ0v) is 17.6. The number of nitrogens with zero attached hydrogens (tertiary/aromatic N) is 3. The van der Waals surface area contributed by atoms with Crippen LogP contribution in [0.2, 0.25) is 0 Å². The zero-order chi connectivity index (χ0) is 20.2. The number of fused-ring (bicyclic) bond motifs is 1. The van der Waals surface area contributed by atoms with Crippen LogP contribution in [-0.2, 0) is 19.9 Å². The smallest absolute Gasteiger partial charge is 0.261 e. The number of carbonyl (C=O) groups excluding carboxylic acids is 1. The van der Waals surface area contributed by atoms with Gasteiger partial charge in [0.25, 0.3) is 5.91 Å². The third kappa shape index (κ3) is 3.25. The maximum atomic E-state index is 14.6. The van der Waals surface area contributed by atoms with Crippen molar-refractivity contribution >= 4 is 5.91 Å². The highest BCUT2D eigenvalue weighted by molar-refractivity contribution is 5.96. The fourth-order valence-corrected chi connectivity index (χ4v) is 4.75. The van der Waals surface area contributed by atoms with Crippen LogP contribution in [0.1, 0.15) is 78.8 Å². The van der Waals surface area contributed by atoms with Crippen molar-refractivity contribution in [1.29, 1.82) is 0 Å². The number of aryl methyl sites for hydroxylation is 2. The van der Waals surface area contributed by atoms with Crippen LogP contribution >= 0.6 is 0 Å². The molecule has 2 aromatic rings. The molecular formula is C23H30FN3O. The van der Waals surface area contributed by atoms with Gasteiger partial charge in [0.1, 0.15) is 5.56 Å². The summed E-state index contributed by atoms with van der Waals surface area (Å²) < 4.78 is 15.8. The number of carbonyl (C=O) groups is 1. The molecule has 0 spiro atoms. The average Bonchev–Trinajstić information content (AvgIpc) is 3.41. The minimum atomic E-state index is -0.544. The molecule has 1 saturated carbocycles. The molecule has 1 aromatic heterocycles. The summed E-state index contributed by atoms with van der Waals surface area (Å²) in [6.45, 7) is 8.44. The quantitative estimate of drug-likeness (QED) is 0.764. The topological polar surface area (TPSA) is 38.1 Å². The summed E-state index contributed by atoms with van der Waals surface area (Å²) in [7, 11) is 1.54. The van der Waals surface area contributed by atoms with E-state index in [-0.39, 0.29) is 23.6 Å². The molecule has 1 heterocycles. The minimum Gasteiger partial charge on any atom is -0.329 e. The van der Waals surface area contributed by atoms with Gasteiger partial charge < -0.3 is 4.90 Å². The van der Waals surface area contributed by atoms with Crippen molar-refractivity contribution in [2.75, 3.05) is 0 Å². The van der Waals surface area contributed by atoms with E-state index in [1.54, 1.807) is 14.0 Å². The summed E-state index contributed by atoms with van der Waals surface area (Å²) in [5, 5.41) is 4.11. The van der Waals surface area contributed by atoms with Crippen molar-refractivity contribution in [3.05, 3.63) is 52.1 Å². The Bertz CT molecular complexity index is 926. The maximum Gasteiger partial charge on any atom is 0.261 e. The molecule has 1 amide bonds. The van der Waals surface area contributed by atoms with Crippen LogP contribution in [0.5, 0.6) is 0 Å². The van der Waals surface area contributed by atoms with Gasteiger partial charge in [-0.3, -0.25) is 4.79 Å². The molecule has 150 valence electrons. The van der Waals surface area contributed by atoms with Gasteiger partial charge in [-0.05, 0) is 68.1 Å². The SMILES string of the molecule is Cc1nn(C)c(F)c1C(=O)N(C1CC1)C(C)c1cccc2c1CCC(C)(C)C2. The summed E-state index contributed by atoms with van der Waals surface area (Å²) in [6, 6.07) is 6.60. The number of benzene rings is 1. The van der Waals surface area contributed by atoms with Gasteiger partial charge in [0, 0.05) is 13.1 Å². The molecule has 1 fully saturated rings.